The number of halogens is 4. The molecule has 2 aromatic rings. The van der Waals surface area contributed by atoms with Gasteiger partial charge in [-0.3, -0.25) is 0 Å². The molecule has 88 valence electrons. The molecule has 0 aliphatic carbocycles. The van der Waals surface area contributed by atoms with E-state index in [0.717, 1.165) is 6.07 Å². The third-order valence-corrected chi connectivity index (χ3v) is 2.42. The lowest BCUT2D eigenvalue weighted by atomic mass is 10.0. The van der Waals surface area contributed by atoms with Crippen molar-refractivity contribution in [2.24, 2.45) is 0 Å². The Morgan fingerprint density at radius 3 is 2.00 bits per heavy atom. The third kappa shape index (κ3) is 2.46. The summed E-state index contributed by atoms with van der Waals surface area (Å²) in [6, 6.07) is 7.45. The summed E-state index contributed by atoms with van der Waals surface area (Å²) in [5.41, 5.74) is 0.659. The molecular formula is C13H8F4. The largest absolute Gasteiger partial charge is 0.207 e. The zero-order valence-corrected chi connectivity index (χ0v) is 8.68. The Morgan fingerprint density at radius 2 is 1.35 bits per heavy atom. The molecule has 2 rings (SSSR count). The molecule has 4 heteroatoms. The van der Waals surface area contributed by atoms with Gasteiger partial charge in [-0.05, 0) is 29.3 Å². The number of benzene rings is 2. The van der Waals surface area contributed by atoms with Crippen LogP contribution in [0, 0.1) is 23.3 Å². The Hall–Kier alpha value is -1.84. The van der Waals surface area contributed by atoms with Crippen molar-refractivity contribution >= 4 is 0 Å². The SMILES string of the molecule is Fc1ccc(Cc2ccc(F)c(F)c2F)cc1. The lowest BCUT2D eigenvalue weighted by Gasteiger charge is -2.05. The molecule has 0 heterocycles. The Kier molecular flexibility index (Phi) is 3.13. The van der Waals surface area contributed by atoms with Gasteiger partial charge in [0.25, 0.3) is 0 Å². The second kappa shape index (κ2) is 4.57. The van der Waals surface area contributed by atoms with Gasteiger partial charge in [0.2, 0.25) is 0 Å². The van der Waals surface area contributed by atoms with Crippen LogP contribution in [0.3, 0.4) is 0 Å². The summed E-state index contributed by atoms with van der Waals surface area (Å²) in [4.78, 5) is 0. The third-order valence-electron chi connectivity index (χ3n) is 2.42. The summed E-state index contributed by atoms with van der Waals surface area (Å²) in [5.74, 6) is -4.30. The van der Waals surface area contributed by atoms with E-state index in [1.54, 1.807) is 0 Å². The van der Waals surface area contributed by atoms with Gasteiger partial charge >= 0.3 is 0 Å². The van der Waals surface area contributed by atoms with Crippen LogP contribution in [0.25, 0.3) is 0 Å². The molecule has 0 aromatic heterocycles. The predicted molar refractivity (Wildman–Crippen MR) is 55.5 cm³/mol. The van der Waals surface area contributed by atoms with Gasteiger partial charge in [0.05, 0.1) is 0 Å². The first-order chi connectivity index (χ1) is 8.08. The van der Waals surface area contributed by atoms with Crippen molar-refractivity contribution in [1.29, 1.82) is 0 Å². The van der Waals surface area contributed by atoms with E-state index in [2.05, 4.69) is 0 Å². The van der Waals surface area contributed by atoms with Crippen molar-refractivity contribution in [1.82, 2.24) is 0 Å². The van der Waals surface area contributed by atoms with Crippen LogP contribution in [0.2, 0.25) is 0 Å². The molecule has 17 heavy (non-hydrogen) atoms. The molecule has 0 saturated heterocycles. The van der Waals surface area contributed by atoms with Crippen LogP contribution in [0.4, 0.5) is 17.6 Å². The fourth-order valence-electron chi connectivity index (χ4n) is 1.52. The molecule has 0 spiro atoms. The summed E-state index contributed by atoms with van der Waals surface area (Å²) in [6.45, 7) is 0. The van der Waals surface area contributed by atoms with Gasteiger partial charge in [-0.2, -0.15) is 0 Å². The zero-order valence-electron chi connectivity index (χ0n) is 8.68. The summed E-state index contributed by atoms with van der Waals surface area (Å²) in [5, 5.41) is 0. The molecule has 0 radical (unpaired) electrons. The normalized spacial score (nSPS) is 10.6. The first-order valence-electron chi connectivity index (χ1n) is 4.95. The first-order valence-corrected chi connectivity index (χ1v) is 4.95. The van der Waals surface area contributed by atoms with Crippen LogP contribution in [0.5, 0.6) is 0 Å². The van der Waals surface area contributed by atoms with E-state index >= 15 is 0 Å². The Labute approximate surface area is 95.5 Å². The van der Waals surface area contributed by atoms with E-state index in [1.807, 2.05) is 0 Å². The summed E-state index contributed by atoms with van der Waals surface area (Å²) in [6.07, 6.45) is 0.0866. The lowest BCUT2D eigenvalue weighted by molar-refractivity contribution is 0.442. The molecule has 0 unspecified atom stereocenters. The quantitative estimate of drug-likeness (QED) is 0.552. The molecule has 0 nitrogen and oxygen atoms in total. The summed E-state index contributed by atoms with van der Waals surface area (Å²) in [7, 11) is 0. The van der Waals surface area contributed by atoms with Gasteiger partial charge in [0.15, 0.2) is 17.5 Å². The van der Waals surface area contributed by atoms with Crippen LogP contribution < -0.4 is 0 Å². The monoisotopic (exact) mass is 240 g/mol. The highest BCUT2D eigenvalue weighted by molar-refractivity contribution is 5.28. The average molecular weight is 240 g/mol. The molecule has 0 amide bonds. The molecule has 0 saturated carbocycles. The maximum Gasteiger partial charge on any atom is 0.194 e. The minimum Gasteiger partial charge on any atom is -0.207 e. The molecule has 0 aliphatic rings. The van der Waals surface area contributed by atoms with Gasteiger partial charge < -0.3 is 0 Å². The molecule has 0 aliphatic heterocycles. The van der Waals surface area contributed by atoms with Crippen LogP contribution in [0.1, 0.15) is 11.1 Å². The van der Waals surface area contributed by atoms with E-state index in [4.69, 9.17) is 0 Å². The average Bonchev–Trinajstić information content (AvgIpc) is 2.33. The van der Waals surface area contributed by atoms with Crippen molar-refractivity contribution in [2.75, 3.05) is 0 Å². The van der Waals surface area contributed by atoms with Gasteiger partial charge in [0, 0.05) is 6.42 Å². The van der Waals surface area contributed by atoms with Crippen LogP contribution in [0.15, 0.2) is 36.4 Å². The van der Waals surface area contributed by atoms with Gasteiger partial charge in [-0.1, -0.05) is 18.2 Å². The smallest absolute Gasteiger partial charge is 0.194 e. The highest BCUT2D eigenvalue weighted by atomic mass is 19.2. The highest BCUT2D eigenvalue weighted by Crippen LogP contribution is 2.18. The van der Waals surface area contributed by atoms with Crippen molar-refractivity contribution < 1.29 is 17.6 Å². The predicted octanol–water partition coefficient (Wildman–Crippen LogP) is 3.83. The fourth-order valence-corrected chi connectivity index (χ4v) is 1.52. The number of hydrogen-bond donors (Lipinski definition) is 0. The standard InChI is InChI=1S/C13H8F4/c14-10-4-1-8(2-5-10)7-9-3-6-11(15)13(17)12(9)16/h1-6H,7H2. The van der Waals surface area contributed by atoms with Crippen molar-refractivity contribution in [3.63, 3.8) is 0 Å². The van der Waals surface area contributed by atoms with E-state index in [1.165, 1.54) is 30.3 Å². The summed E-state index contributed by atoms with van der Waals surface area (Å²) >= 11 is 0. The second-order valence-corrected chi connectivity index (χ2v) is 3.64. The topological polar surface area (TPSA) is 0 Å². The maximum absolute atomic E-state index is 13.3. The highest BCUT2D eigenvalue weighted by Gasteiger charge is 2.13. The maximum atomic E-state index is 13.3. The van der Waals surface area contributed by atoms with Gasteiger partial charge in [-0.15, -0.1) is 0 Å². The van der Waals surface area contributed by atoms with E-state index in [-0.39, 0.29) is 12.0 Å². The number of hydrogen-bond acceptors (Lipinski definition) is 0. The van der Waals surface area contributed by atoms with Gasteiger partial charge in [0.1, 0.15) is 5.82 Å². The van der Waals surface area contributed by atoms with E-state index in [9.17, 15) is 17.6 Å². The van der Waals surface area contributed by atoms with Crippen LogP contribution >= 0.6 is 0 Å². The van der Waals surface area contributed by atoms with Crippen LogP contribution in [-0.2, 0) is 6.42 Å². The van der Waals surface area contributed by atoms with Crippen molar-refractivity contribution in [2.45, 2.75) is 6.42 Å². The van der Waals surface area contributed by atoms with E-state index in [0.29, 0.717) is 5.56 Å². The Bertz CT molecular complexity index is 532. The summed E-state index contributed by atoms with van der Waals surface area (Å²) < 4.78 is 51.6. The molecule has 0 fully saturated rings. The molecular weight excluding hydrogens is 232 g/mol. The molecule has 0 atom stereocenters. The van der Waals surface area contributed by atoms with E-state index < -0.39 is 23.3 Å². The zero-order chi connectivity index (χ0) is 12.4. The van der Waals surface area contributed by atoms with Gasteiger partial charge in [-0.25, -0.2) is 17.6 Å². The van der Waals surface area contributed by atoms with Crippen molar-refractivity contribution in [3.8, 4) is 0 Å². The van der Waals surface area contributed by atoms with Crippen molar-refractivity contribution in [3.05, 3.63) is 70.8 Å². The Morgan fingerprint density at radius 1 is 0.706 bits per heavy atom. The first kappa shape index (κ1) is 11.6. The molecule has 0 N–H and O–H groups in total. The number of rotatable bonds is 2. The molecule has 2 aromatic carbocycles. The minimum atomic E-state index is -1.48. The minimum absolute atomic E-state index is 0.0375. The lowest BCUT2D eigenvalue weighted by Crippen LogP contribution is -1.98. The van der Waals surface area contributed by atoms with Crippen LogP contribution in [-0.4, -0.2) is 0 Å². The second-order valence-electron chi connectivity index (χ2n) is 3.64. The fraction of sp³-hybridized carbons (Fsp3) is 0.0769. The Balaban J connectivity index is 2.30. The molecule has 0 bridgehead atoms.